The number of piperidine rings is 1. The van der Waals surface area contributed by atoms with Crippen molar-refractivity contribution in [1.82, 2.24) is 10.2 Å². The molecule has 1 unspecified atom stereocenters. The zero-order chi connectivity index (χ0) is 19.7. The van der Waals surface area contributed by atoms with Crippen LogP contribution >= 0.6 is 15.9 Å². The van der Waals surface area contributed by atoms with Gasteiger partial charge in [0.2, 0.25) is 0 Å². The van der Waals surface area contributed by atoms with Gasteiger partial charge in [-0.15, -0.1) is 0 Å². The maximum atomic E-state index is 12.1. The summed E-state index contributed by atoms with van der Waals surface area (Å²) < 4.78 is 6.21. The van der Waals surface area contributed by atoms with Crippen molar-refractivity contribution in [2.75, 3.05) is 19.7 Å². The Morgan fingerprint density at radius 2 is 2.07 bits per heavy atom. The number of dihydropyridines is 1. The molecule has 1 fully saturated rings. The van der Waals surface area contributed by atoms with Crippen molar-refractivity contribution >= 4 is 27.6 Å². The number of aromatic hydroxyl groups is 1. The molecule has 1 aliphatic carbocycles. The number of ether oxygens (including phenoxy) is 1. The highest BCUT2D eigenvalue weighted by atomic mass is 79.9. The maximum Gasteiger partial charge on any atom is 0.409 e. The van der Waals surface area contributed by atoms with E-state index in [0.717, 1.165) is 30.2 Å². The number of carbonyl (C=O) groups excluding carboxylic acids is 1. The highest BCUT2D eigenvalue weighted by Crippen LogP contribution is 2.40. The van der Waals surface area contributed by atoms with Crippen LogP contribution in [0, 0.1) is 0 Å². The van der Waals surface area contributed by atoms with E-state index in [1.165, 1.54) is 27.8 Å². The number of halogens is 1. The van der Waals surface area contributed by atoms with Gasteiger partial charge in [-0.25, -0.2) is 4.79 Å². The first-order valence-electron chi connectivity index (χ1n) is 9.85. The summed E-state index contributed by atoms with van der Waals surface area (Å²) in [5.41, 5.74) is 6.43. The number of rotatable bonds is 1. The number of carbonyl (C=O) groups is 1. The third-order valence-electron chi connectivity index (χ3n) is 5.71. The van der Waals surface area contributed by atoms with Gasteiger partial charge < -0.3 is 20.1 Å². The molecule has 148 valence electrons. The predicted octanol–water partition coefficient (Wildman–Crippen LogP) is 4.48. The minimum Gasteiger partial charge on any atom is -0.508 e. The third-order valence-corrected chi connectivity index (χ3v) is 6.16. The Bertz CT molecular complexity index is 878. The molecule has 2 heterocycles. The Labute approximate surface area is 173 Å². The number of aryl methyl sites for hydroxylation is 1. The van der Waals surface area contributed by atoms with E-state index in [-0.39, 0.29) is 12.1 Å². The minimum absolute atomic E-state index is 0.135. The van der Waals surface area contributed by atoms with Crippen LogP contribution in [0.25, 0.3) is 5.57 Å². The molecule has 1 atom stereocenters. The van der Waals surface area contributed by atoms with Gasteiger partial charge in [-0.1, -0.05) is 11.6 Å². The fraction of sp³-hybridized carbons (Fsp3) is 0.409. The lowest BCUT2D eigenvalue weighted by atomic mass is 9.85. The number of hydrogen-bond acceptors (Lipinski definition) is 4. The Morgan fingerprint density at radius 1 is 1.29 bits per heavy atom. The van der Waals surface area contributed by atoms with E-state index >= 15 is 0 Å². The molecule has 0 aromatic heterocycles. The largest absolute Gasteiger partial charge is 0.508 e. The lowest BCUT2D eigenvalue weighted by molar-refractivity contribution is 0.104. The number of likely N-dealkylation sites (tertiary alicyclic amines) is 1. The monoisotopic (exact) mass is 444 g/mol. The van der Waals surface area contributed by atoms with Crippen molar-refractivity contribution in [3.8, 4) is 5.75 Å². The van der Waals surface area contributed by atoms with Crippen LogP contribution in [0.4, 0.5) is 4.79 Å². The van der Waals surface area contributed by atoms with E-state index in [1.54, 1.807) is 11.0 Å². The molecule has 1 aromatic rings. The van der Waals surface area contributed by atoms with Gasteiger partial charge >= 0.3 is 6.09 Å². The molecule has 0 radical (unpaired) electrons. The molecule has 1 aromatic carbocycles. The number of amides is 1. The summed E-state index contributed by atoms with van der Waals surface area (Å²) in [6.07, 6.45) is 7.52. The molecule has 1 saturated heterocycles. The molecule has 0 bridgehead atoms. The number of phenolic OH excluding ortho intramolecular Hbond substituents is 1. The van der Waals surface area contributed by atoms with Crippen LogP contribution in [0.1, 0.15) is 37.3 Å². The van der Waals surface area contributed by atoms with Crippen molar-refractivity contribution in [2.45, 2.75) is 38.6 Å². The Kier molecular flexibility index (Phi) is 5.49. The molecule has 0 spiro atoms. The number of hydrogen-bond donors (Lipinski definition) is 2. The third kappa shape index (κ3) is 3.70. The molecule has 5 nitrogen and oxygen atoms in total. The number of phenols is 1. The standard InChI is InChI=1S/C22H25BrN2O3/c1-2-28-22(27)25-9-7-14(8-10-25)20-19-6-5-18(26)12-15(19)3-4-16-11-17(23)13-24-21(16)20/h5-6,11-13,21,24,26H,2-4,7-10H2,1H3. The highest BCUT2D eigenvalue weighted by molar-refractivity contribution is 9.11. The molecule has 2 aliphatic heterocycles. The molecule has 2 N–H and O–H groups in total. The minimum atomic E-state index is -0.221. The van der Waals surface area contributed by atoms with Crippen molar-refractivity contribution in [3.63, 3.8) is 0 Å². The van der Waals surface area contributed by atoms with Crippen LogP contribution in [0.5, 0.6) is 5.75 Å². The molecular weight excluding hydrogens is 420 g/mol. The average Bonchev–Trinajstić information content (AvgIpc) is 2.84. The van der Waals surface area contributed by atoms with Gasteiger partial charge in [-0.05, 0) is 89.0 Å². The van der Waals surface area contributed by atoms with Crippen molar-refractivity contribution in [1.29, 1.82) is 0 Å². The summed E-state index contributed by atoms with van der Waals surface area (Å²) in [6, 6.07) is 5.85. The van der Waals surface area contributed by atoms with Gasteiger partial charge in [-0.2, -0.15) is 0 Å². The van der Waals surface area contributed by atoms with Crippen LogP contribution in [0.3, 0.4) is 0 Å². The van der Waals surface area contributed by atoms with Gasteiger partial charge in [0.05, 0.1) is 12.6 Å². The molecular formula is C22H25BrN2O3. The topological polar surface area (TPSA) is 61.8 Å². The quantitative estimate of drug-likeness (QED) is 0.670. The van der Waals surface area contributed by atoms with Crippen molar-refractivity contribution < 1.29 is 14.6 Å². The smallest absolute Gasteiger partial charge is 0.409 e. The fourth-order valence-corrected chi connectivity index (χ4v) is 4.81. The van der Waals surface area contributed by atoms with Crippen LogP contribution < -0.4 is 5.32 Å². The summed E-state index contributed by atoms with van der Waals surface area (Å²) in [5.74, 6) is 0.311. The maximum absolute atomic E-state index is 12.1. The molecule has 6 heteroatoms. The summed E-state index contributed by atoms with van der Waals surface area (Å²) in [6.45, 7) is 3.59. The highest BCUT2D eigenvalue weighted by Gasteiger charge is 2.31. The Morgan fingerprint density at radius 3 is 2.82 bits per heavy atom. The van der Waals surface area contributed by atoms with Crippen LogP contribution in [-0.2, 0) is 11.2 Å². The van der Waals surface area contributed by atoms with Crippen LogP contribution in [0.2, 0.25) is 0 Å². The Hall–Kier alpha value is -2.21. The van der Waals surface area contributed by atoms with Gasteiger partial charge in [0, 0.05) is 23.8 Å². The normalized spacial score (nSPS) is 21.6. The second-order valence-corrected chi connectivity index (χ2v) is 8.31. The van der Waals surface area contributed by atoms with Gasteiger partial charge in [0.25, 0.3) is 0 Å². The lowest BCUT2D eigenvalue weighted by Crippen LogP contribution is -2.38. The number of benzene rings is 1. The number of allylic oxidation sites excluding steroid dienone is 2. The number of nitrogens with one attached hydrogen (secondary N) is 1. The second-order valence-electron chi connectivity index (χ2n) is 7.39. The van der Waals surface area contributed by atoms with E-state index in [4.69, 9.17) is 4.74 Å². The molecule has 28 heavy (non-hydrogen) atoms. The fourth-order valence-electron chi connectivity index (χ4n) is 4.38. The molecule has 4 rings (SSSR count). The molecule has 3 aliphatic rings. The molecule has 1 amide bonds. The van der Waals surface area contributed by atoms with E-state index in [2.05, 4.69) is 27.3 Å². The summed E-state index contributed by atoms with van der Waals surface area (Å²) >= 11 is 3.59. The first-order valence-corrected chi connectivity index (χ1v) is 10.6. The summed E-state index contributed by atoms with van der Waals surface area (Å²) in [5, 5.41) is 13.6. The van der Waals surface area contributed by atoms with Crippen molar-refractivity contribution in [2.24, 2.45) is 0 Å². The summed E-state index contributed by atoms with van der Waals surface area (Å²) in [4.78, 5) is 13.9. The lowest BCUT2D eigenvalue weighted by Gasteiger charge is -2.33. The van der Waals surface area contributed by atoms with Gasteiger partial charge in [0.1, 0.15) is 5.75 Å². The van der Waals surface area contributed by atoms with Crippen LogP contribution in [-0.4, -0.2) is 41.8 Å². The van der Waals surface area contributed by atoms with E-state index in [1.807, 2.05) is 25.3 Å². The average molecular weight is 445 g/mol. The number of fused-ring (bicyclic) bond motifs is 2. The summed E-state index contributed by atoms with van der Waals surface area (Å²) in [7, 11) is 0. The predicted molar refractivity (Wildman–Crippen MR) is 113 cm³/mol. The first-order chi connectivity index (χ1) is 13.6. The first kappa shape index (κ1) is 19.1. The zero-order valence-corrected chi connectivity index (χ0v) is 17.6. The SMILES string of the molecule is CCOC(=O)N1CCC(=C2c3ccc(O)cc3CCC3=CC(Br)=CNC32)CC1. The van der Waals surface area contributed by atoms with E-state index in [9.17, 15) is 9.90 Å². The van der Waals surface area contributed by atoms with Crippen LogP contribution in [0.15, 0.2) is 46.1 Å². The van der Waals surface area contributed by atoms with E-state index in [0.29, 0.717) is 25.4 Å². The van der Waals surface area contributed by atoms with Gasteiger partial charge in [0.15, 0.2) is 0 Å². The zero-order valence-electron chi connectivity index (χ0n) is 16.0. The van der Waals surface area contributed by atoms with E-state index < -0.39 is 0 Å². The molecule has 0 saturated carbocycles. The van der Waals surface area contributed by atoms with Gasteiger partial charge in [-0.3, -0.25) is 0 Å². The number of nitrogens with zero attached hydrogens (tertiary/aromatic N) is 1. The van der Waals surface area contributed by atoms with Crippen molar-refractivity contribution in [3.05, 3.63) is 57.2 Å². The Balaban J connectivity index is 1.71. The second kappa shape index (κ2) is 8.03.